The van der Waals surface area contributed by atoms with Gasteiger partial charge in [-0.05, 0) is 31.5 Å². The zero-order chi connectivity index (χ0) is 15.4. The van der Waals surface area contributed by atoms with Crippen LogP contribution in [0.2, 0.25) is 0 Å². The molecule has 0 saturated carbocycles. The van der Waals surface area contributed by atoms with Crippen molar-refractivity contribution in [3.05, 3.63) is 30.2 Å². The van der Waals surface area contributed by atoms with Gasteiger partial charge in [-0.1, -0.05) is 17.3 Å². The Bertz CT molecular complexity index is 656. The fourth-order valence-electron chi connectivity index (χ4n) is 2.40. The molecule has 1 aromatic carbocycles. The summed E-state index contributed by atoms with van der Waals surface area (Å²) in [7, 11) is 1.60. The molecule has 0 spiro atoms. The highest BCUT2D eigenvalue weighted by molar-refractivity contribution is 5.85. The molecule has 7 nitrogen and oxygen atoms in total. The van der Waals surface area contributed by atoms with Crippen molar-refractivity contribution in [1.29, 1.82) is 0 Å². The van der Waals surface area contributed by atoms with Gasteiger partial charge >= 0.3 is 0 Å². The molecular weight excluding hydrogens is 320 g/mol. The number of amides is 1. The summed E-state index contributed by atoms with van der Waals surface area (Å²) in [4.78, 5) is 16.2. The highest BCUT2D eigenvalue weighted by Gasteiger charge is 2.22. The molecule has 3 rings (SSSR count). The Morgan fingerprint density at radius 2 is 2.39 bits per heavy atom. The highest BCUT2D eigenvalue weighted by Crippen LogP contribution is 2.21. The molecule has 1 aliphatic heterocycles. The molecule has 1 unspecified atom stereocenters. The van der Waals surface area contributed by atoms with E-state index in [2.05, 4.69) is 20.8 Å². The van der Waals surface area contributed by atoms with Gasteiger partial charge in [-0.15, -0.1) is 12.4 Å². The summed E-state index contributed by atoms with van der Waals surface area (Å²) in [5, 5.41) is 9.88. The van der Waals surface area contributed by atoms with Crippen LogP contribution in [0.3, 0.4) is 0 Å². The molecule has 2 aromatic rings. The number of nitrogens with zero attached hydrogens (tertiary/aromatic N) is 2. The summed E-state index contributed by atoms with van der Waals surface area (Å²) in [5.41, 5.74) is 0.804. The fourth-order valence-corrected chi connectivity index (χ4v) is 2.40. The predicted octanol–water partition coefficient (Wildman–Crippen LogP) is 1.54. The van der Waals surface area contributed by atoms with Crippen LogP contribution in [0.4, 0.5) is 0 Å². The standard InChI is InChI=1S/C15H18N4O3.ClH/c1-21-11-5-2-4-10(8-11)14-18-13(22-19-14)9-17-15(20)12-6-3-7-16-12;/h2,4-5,8,12,16H,3,6-7,9H2,1H3,(H,17,20);1H. The number of nitrogens with one attached hydrogen (secondary N) is 2. The molecule has 1 saturated heterocycles. The van der Waals surface area contributed by atoms with Crippen LogP contribution in [0.5, 0.6) is 5.75 Å². The second-order valence-corrected chi connectivity index (χ2v) is 5.11. The molecule has 0 bridgehead atoms. The maximum absolute atomic E-state index is 11.9. The third-order valence-corrected chi connectivity index (χ3v) is 3.59. The van der Waals surface area contributed by atoms with Crippen LogP contribution in [0.1, 0.15) is 18.7 Å². The molecule has 2 heterocycles. The molecule has 1 amide bonds. The SMILES string of the molecule is COc1cccc(-c2noc(CNC(=O)C3CCCN3)n2)c1.Cl. The van der Waals surface area contributed by atoms with E-state index in [1.165, 1.54) is 0 Å². The van der Waals surface area contributed by atoms with E-state index >= 15 is 0 Å². The lowest BCUT2D eigenvalue weighted by Gasteiger charge is -2.08. The fraction of sp³-hybridized carbons (Fsp3) is 0.400. The van der Waals surface area contributed by atoms with Crippen LogP contribution in [0.15, 0.2) is 28.8 Å². The van der Waals surface area contributed by atoms with Crippen LogP contribution >= 0.6 is 12.4 Å². The lowest BCUT2D eigenvalue weighted by Crippen LogP contribution is -2.40. The molecule has 8 heteroatoms. The third kappa shape index (κ3) is 4.20. The molecule has 23 heavy (non-hydrogen) atoms. The van der Waals surface area contributed by atoms with Gasteiger partial charge < -0.3 is 19.9 Å². The minimum absolute atomic E-state index is 0. The Hall–Kier alpha value is -2.12. The second kappa shape index (κ2) is 7.94. The predicted molar refractivity (Wildman–Crippen MR) is 86.4 cm³/mol. The first kappa shape index (κ1) is 17.2. The van der Waals surface area contributed by atoms with Gasteiger partial charge in [0, 0.05) is 5.56 Å². The van der Waals surface area contributed by atoms with E-state index in [0.717, 1.165) is 30.7 Å². The first-order valence-corrected chi connectivity index (χ1v) is 7.24. The molecule has 1 fully saturated rings. The Morgan fingerprint density at radius 3 is 3.13 bits per heavy atom. The molecular formula is C15H19ClN4O3. The van der Waals surface area contributed by atoms with Crippen molar-refractivity contribution in [2.75, 3.05) is 13.7 Å². The lowest BCUT2D eigenvalue weighted by atomic mass is 10.2. The summed E-state index contributed by atoms with van der Waals surface area (Å²) in [6.07, 6.45) is 1.89. The van der Waals surface area contributed by atoms with Gasteiger partial charge in [-0.25, -0.2) is 0 Å². The summed E-state index contributed by atoms with van der Waals surface area (Å²) >= 11 is 0. The zero-order valence-corrected chi connectivity index (χ0v) is 13.6. The average Bonchev–Trinajstić information content (AvgIpc) is 3.24. The van der Waals surface area contributed by atoms with E-state index in [-0.39, 0.29) is 30.9 Å². The van der Waals surface area contributed by atoms with Crippen LogP contribution in [-0.2, 0) is 11.3 Å². The highest BCUT2D eigenvalue weighted by atomic mass is 35.5. The number of carbonyl (C=O) groups excluding carboxylic acids is 1. The van der Waals surface area contributed by atoms with Gasteiger partial charge in [-0.3, -0.25) is 4.79 Å². The zero-order valence-electron chi connectivity index (χ0n) is 12.7. The first-order valence-electron chi connectivity index (χ1n) is 7.24. The number of hydrogen-bond acceptors (Lipinski definition) is 6. The van der Waals surface area contributed by atoms with Crippen LogP contribution in [-0.4, -0.2) is 35.7 Å². The van der Waals surface area contributed by atoms with Gasteiger partial charge in [0.05, 0.1) is 19.7 Å². The van der Waals surface area contributed by atoms with Crippen molar-refractivity contribution in [2.45, 2.75) is 25.4 Å². The van der Waals surface area contributed by atoms with Crippen molar-refractivity contribution in [3.63, 3.8) is 0 Å². The number of halogens is 1. The quantitative estimate of drug-likeness (QED) is 0.859. The molecule has 1 atom stereocenters. The van der Waals surface area contributed by atoms with E-state index in [1.807, 2.05) is 24.3 Å². The number of methoxy groups -OCH3 is 1. The van der Waals surface area contributed by atoms with E-state index in [0.29, 0.717) is 11.7 Å². The van der Waals surface area contributed by atoms with Crippen LogP contribution in [0, 0.1) is 0 Å². The number of ether oxygens (including phenoxy) is 1. The molecule has 0 aliphatic carbocycles. The minimum Gasteiger partial charge on any atom is -0.497 e. The average molecular weight is 339 g/mol. The van der Waals surface area contributed by atoms with Crippen molar-refractivity contribution in [2.24, 2.45) is 0 Å². The van der Waals surface area contributed by atoms with E-state index in [4.69, 9.17) is 9.26 Å². The van der Waals surface area contributed by atoms with Crippen molar-refractivity contribution >= 4 is 18.3 Å². The smallest absolute Gasteiger partial charge is 0.246 e. The van der Waals surface area contributed by atoms with Gasteiger partial charge in [0.25, 0.3) is 0 Å². The molecule has 1 aromatic heterocycles. The Kier molecular flexibility index (Phi) is 5.95. The monoisotopic (exact) mass is 338 g/mol. The number of aromatic nitrogens is 2. The van der Waals surface area contributed by atoms with E-state index < -0.39 is 0 Å². The largest absolute Gasteiger partial charge is 0.497 e. The van der Waals surface area contributed by atoms with E-state index in [1.54, 1.807) is 7.11 Å². The summed E-state index contributed by atoms with van der Waals surface area (Å²) < 4.78 is 10.3. The number of carbonyl (C=O) groups is 1. The Labute approximate surface area is 140 Å². The lowest BCUT2D eigenvalue weighted by molar-refractivity contribution is -0.123. The molecule has 124 valence electrons. The molecule has 0 radical (unpaired) electrons. The van der Waals surface area contributed by atoms with Gasteiger partial charge in [0.2, 0.25) is 17.6 Å². The van der Waals surface area contributed by atoms with Gasteiger partial charge in [0.15, 0.2) is 0 Å². The normalized spacial score (nSPS) is 16.7. The number of rotatable bonds is 5. The van der Waals surface area contributed by atoms with E-state index in [9.17, 15) is 4.79 Å². The van der Waals surface area contributed by atoms with Gasteiger partial charge in [-0.2, -0.15) is 4.98 Å². The third-order valence-electron chi connectivity index (χ3n) is 3.59. The molecule has 2 N–H and O–H groups in total. The number of hydrogen-bond donors (Lipinski definition) is 2. The van der Waals surface area contributed by atoms with Crippen LogP contribution in [0.25, 0.3) is 11.4 Å². The summed E-state index contributed by atoms with van der Waals surface area (Å²) in [5.74, 6) is 1.55. The Balaban J connectivity index is 0.00000192. The van der Waals surface area contributed by atoms with Crippen LogP contribution < -0.4 is 15.4 Å². The maximum Gasteiger partial charge on any atom is 0.246 e. The second-order valence-electron chi connectivity index (χ2n) is 5.11. The Morgan fingerprint density at radius 1 is 1.52 bits per heavy atom. The summed E-state index contributed by atoms with van der Waals surface area (Å²) in [6, 6.07) is 7.30. The van der Waals surface area contributed by atoms with Crippen molar-refractivity contribution in [3.8, 4) is 17.1 Å². The first-order chi connectivity index (χ1) is 10.8. The maximum atomic E-state index is 11.9. The summed E-state index contributed by atoms with van der Waals surface area (Å²) in [6.45, 7) is 1.12. The minimum atomic E-state index is -0.110. The van der Waals surface area contributed by atoms with Gasteiger partial charge in [0.1, 0.15) is 5.75 Å². The topological polar surface area (TPSA) is 89.3 Å². The number of benzene rings is 1. The van der Waals surface area contributed by atoms with Crippen molar-refractivity contribution < 1.29 is 14.1 Å². The van der Waals surface area contributed by atoms with Crippen molar-refractivity contribution in [1.82, 2.24) is 20.8 Å². The molecule has 1 aliphatic rings.